The summed E-state index contributed by atoms with van der Waals surface area (Å²) in [4.78, 5) is 8.16. The number of hydrogen-bond acceptors (Lipinski definition) is 3. The molecule has 0 fully saturated rings. The fourth-order valence-electron chi connectivity index (χ4n) is 0.819. The lowest BCUT2D eigenvalue weighted by Gasteiger charge is -2.18. The molecule has 0 saturated carbocycles. The normalized spacial score (nSPS) is 11.4. The van der Waals surface area contributed by atoms with Crippen LogP contribution in [0.15, 0.2) is 12.4 Å². The Morgan fingerprint density at radius 2 is 2.07 bits per heavy atom. The Morgan fingerprint density at radius 3 is 2.64 bits per heavy atom. The fourth-order valence-corrected chi connectivity index (χ4v) is 1.24. The van der Waals surface area contributed by atoms with Gasteiger partial charge in [-0.05, 0) is 5.41 Å². The molecule has 4 heteroatoms. The Labute approximate surface area is 98.4 Å². The molecular formula is C10H15IN2O. The van der Waals surface area contributed by atoms with Crippen LogP contribution in [0.3, 0.4) is 0 Å². The quantitative estimate of drug-likeness (QED) is 0.636. The Bertz CT molecular complexity index is 296. The number of alkyl halides is 1. The molecular weight excluding hydrogens is 291 g/mol. The van der Waals surface area contributed by atoms with Crippen LogP contribution in [0.25, 0.3) is 0 Å². The van der Waals surface area contributed by atoms with E-state index in [2.05, 4.69) is 53.3 Å². The van der Waals surface area contributed by atoms with Gasteiger partial charge in [-0.25, -0.2) is 9.97 Å². The zero-order valence-electron chi connectivity index (χ0n) is 8.75. The highest BCUT2D eigenvalue weighted by molar-refractivity contribution is 14.1. The van der Waals surface area contributed by atoms with E-state index in [1.807, 2.05) is 6.07 Å². The van der Waals surface area contributed by atoms with Crippen molar-refractivity contribution in [3.63, 3.8) is 0 Å². The first kappa shape index (κ1) is 11.7. The predicted molar refractivity (Wildman–Crippen MR) is 64.7 cm³/mol. The molecule has 0 radical (unpaired) electrons. The van der Waals surface area contributed by atoms with Crippen molar-refractivity contribution in [2.45, 2.75) is 25.2 Å². The van der Waals surface area contributed by atoms with Gasteiger partial charge in [0.1, 0.15) is 6.33 Å². The molecule has 14 heavy (non-hydrogen) atoms. The fraction of sp³-hybridized carbons (Fsp3) is 0.600. The molecule has 0 N–H and O–H groups in total. The monoisotopic (exact) mass is 306 g/mol. The van der Waals surface area contributed by atoms with Crippen molar-refractivity contribution in [3.05, 3.63) is 18.1 Å². The molecule has 0 aromatic carbocycles. The third kappa shape index (κ3) is 4.21. The average Bonchev–Trinajstić information content (AvgIpc) is 2.14. The molecule has 0 unspecified atom stereocenters. The summed E-state index contributed by atoms with van der Waals surface area (Å²) < 4.78 is 6.44. The first-order valence-electron chi connectivity index (χ1n) is 4.51. The van der Waals surface area contributed by atoms with Gasteiger partial charge < -0.3 is 4.74 Å². The summed E-state index contributed by atoms with van der Waals surface area (Å²) in [5.74, 6) is 0.668. The largest absolute Gasteiger partial charge is 0.477 e. The van der Waals surface area contributed by atoms with Crippen molar-refractivity contribution in [3.8, 4) is 5.88 Å². The van der Waals surface area contributed by atoms with Gasteiger partial charge in [0.2, 0.25) is 5.88 Å². The summed E-state index contributed by atoms with van der Waals surface area (Å²) >= 11 is 2.27. The standard InChI is InChI=1S/C10H15IN2O/c1-10(2,3)6-14-9-4-8(5-11)12-7-13-9/h4,7H,5-6H2,1-3H3. The van der Waals surface area contributed by atoms with Gasteiger partial charge >= 0.3 is 0 Å². The second-order valence-corrected chi connectivity index (χ2v) is 5.09. The lowest BCUT2D eigenvalue weighted by atomic mass is 9.99. The van der Waals surface area contributed by atoms with E-state index in [1.165, 1.54) is 0 Å². The molecule has 0 bridgehead atoms. The van der Waals surface area contributed by atoms with Crippen molar-refractivity contribution in [1.29, 1.82) is 0 Å². The number of halogens is 1. The van der Waals surface area contributed by atoms with Crippen LogP contribution in [0.4, 0.5) is 0 Å². The average molecular weight is 306 g/mol. The molecule has 1 heterocycles. The summed E-state index contributed by atoms with van der Waals surface area (Å²) in [7, 11) is 0. The number of aromatic nitrogens is 2. The second kappa shape index (κ2) is 4.91. The summed E-state index contributed by atoms with van der Waals surface area (Å²) in [5, 5.41) is 0. The van der Waals surface area contributed by atoms with Crippen molar-refractivity contribution < 1.29 is 4.74 Å². The summed E-state index contributed by atoms with van der Waals surface area (Å²) in [6, 6.07) is 1.89. The highest BCUT2D eigenvalue weighted by atomic mass is 127. The summed E-state index contributed by atoms with van der Waals surface area (Å²) in [5.41, 5.74) is 1.17. The van der Waals surface area contributed by atoms with Crippen molar-refractivity contribution in [2.24, 2.45) is 5.41 Å². The minimum absolute atomic E-state index is 0.162. The minimum Gasteiger partial charge on any atom is -0.477 e. The van der Waals surface area contributed by atoms with E-state index >= 15 is 0 Å². The van der Waals surface area contributed by atoms with Crippen LogP contribution in [-0.2, 0) is 4.43 Å². The van der Waals surface area contributed by atoms with Crippen molar-refractivity contribution >= 4 is 22.6 Å². The molecule has 0 spiro atoms. The maximum atomic E-state index is 5.56. The van der Waals surface area contributed by atoms with Crippen LogP contribution < -0.4 is 4.74 Å². The van der Waals surface area contributed by atoms with E-state index in [9.17, 15) is 0 Å². The lowest BCUT2D eigenvalue weighted by Crippen LogP contribution is -2.17. The van der Waals surface area contributed by atoms with E-state index < -0.39 is 0 Å². The van der Waals surface area contributed by atoms with Gasteiger partial charge in [0, 0.05) is 10.5 Å². The molecule has 0 aliphatic heterocycles. The number of rotatable bonds is 3. The van der Waals surface area contributed by atoms with E-state index in [4.69, 9.17) is 4.74 Å². The molecule has 1 rings (SSSR count). The maximum Gasteiger partial charge on any atom is 0.216 e. The zero-order valence-corrected chi connectivity index (χ0v) is 10.9. The van der Waals surface area contributed by atoms with Crippen LogP contribution >= 0.6 is 22.6 Å². The van der Waals surface area contributed by atoms with Crippen LogP contribution in [-0.4, -0.2) is 16.6 Å². The summed E-state index contributed by atoms with van der Waals surface area (Å²) in [6.45, 7) is 7.07. The zero-order chi connectivity index (χ0) is 10.6. The lowest BCUT2D eigenvalue weighted by molar-refractivity contribution is 0.191. The van der Waals surface area contributed by atoms with Gasteiger partial charge in [-0.1, -0.05) is 43.4 Å². The number of hydrogen-bond donors (Lipinski definition) is 0. The van der Waals surface area contributed by atoms with E-state index in [0.717, 1.165) is 10.1 Å². The Hall–Kier alpha value is -0.390. The van der Waals surface area contributed by atoms with Crippen LogP contribution in [0.2, 0.25) is 0 Å². The number of ether oxygens (including phenoxy) is 1. The van der Waals surface area contributed by atoms with Gasteiger partial charge in [0.05, 0.1) is 12.3 Å². The smallest absolute Gasteiger partial charge is 0.216 e. The molecule has 1 aromatic rings. The highest BCUT2D eigenvalue weighted by Crippen LogP contribution is 2.16. The molecule has 78 valence electrons. The van der Waals surface area contributed by atoms with Crippen LogP contribution in [0, 0.1) is 5.41 Å². The molecule has 0 atom stereocenters. The molecule has 0 aliphatic rings. The van der Waals surface area contributed by atoms with Gasteiger partial charge in [0.15, 0.2) is 0 Å². The van der Waals surface area contributed by atoms with Crippen LogP contribution in [0.5, 0.6) is 5.88 Å². The first-order chi connectivity index (χ1) is 6.51. The third-order valence-electron chi connectivity index (χ3n) is 1.49. The third-order valence-corrected chi connectivity index (χ3v) is 2.27. The van der Waals surface area contributed by atoms with Crippen molar-refractivity contribution in [1.82, 2.24) is 9.97 Å². The molecule has 0 amide bonds. The van der Waals surface area contributed by atoms with Gasteiger partial charge in [-0.15, -0.1) is 0 Å². The predicted octanol–water partition coefficient (Wildman–Crippen LogP) is 2.84. The molecule has 3 nitrogen and oxygen atoms in total. The van der Waals surface area contributed by atoms with E-state index in [-0.39, 0.29) is 5.41 Å². The Kier molecular flexibility index (Phi) is 4.10. The Balaban J connectivity index is 2.59. The van der Waals surface area contributed by atoms with Crippen LogP contribution in [0.1, 0.15) is 26.5 Å². The van der Waals surface area contributed by atoms with Gasteiger partial charge in [0.25, 0.3) is 0 Å². The van der Waals surface area contributed by atoms with Gasteiger partial charge in [-0.3, -0.25) is 0 Å². The van der Waals surface area contributed by atoms with E-state index in [1.54, 1.807) is 6.33 Å². The summed E-state index contributed by atoms with van der Waals surface area (Å²) in [6.07, 6.45) is 1.55. The molecule has 1 aromatic heterocycles. The second-order valence-electron chi connectivity index (χ2n) is 4.33. The Morgan fingerprint density at radius 1 is 1.36 bits per heavy atom. The molecule has 0 saturated heterocycles. The highest BCUT2D eigenvalue weighted by Gasteiger charge is 2.11. The number of nitrogens with zero attached hydrogens (tertiary/aromatic N) is 2. The van der Waals surface area contributed by atoms with Crippen molar-refractivity contribution in [2.75, 3.05) is 6.61 Å². The SMILES string of the molecule is CC(C)(C)COc1cc(CI)ncn1. The topological polar surface area (TPSA) is 35.0 Å². The minimum atomic E-state index is 0.162. The molecule has 0 aliphatic carbocycles. The van der Waals surface area contributed by atoms with E-state index in [0.29, 0.717) is 12.5 Å². The first-order valence-corrected chi connectivity index (χ1v) is 6.03. The maximum absolute atomic E-state index is 5.56. The van der Waals surface area contributed by atoms with Gasteiger partial charge in [-0.2, -0.15) is 0 Å².